The molecule has 9 heteroatoms. The maximum atomic E-state index is 14.9. The Morgan fingerprint density at radius 1 is 1.03 bits per heavy atom. The number of benzene rings is 3. The highest BCUT2D eigenvalue weighted by atomic mass is 79.9. The molecule has 2 N–H and O–H groups in total. The van der Waals surface area contributed by atoms with E-state index >= 15 is 0 Å². The van der Waals surface area contributed by atoms with Crippen LogP contribution in [0.5, 0.6) is 0 Å². The molecule has 0 spiro atoms. The molecular weight excluding hydrogens is 553 g/mol. The van der Waals surface area contributed by atoms with Gasteiger partial charge in [-0.1, -0.05) is 64.5 Å². The van der Waals surface area contributed by atoms with Crippen LogP contribution in [-0.4, -0.2) is 32.7 Å². The molecule has 1 aliphatic rings. The zero-order valence-corrected chi connectivity index (χ0v) is 21.7. The predicted molar refractivity (Wildman–Crippen MR) is 146 cm³/mol. The lowest BCUT2D eigenvalue weighted by Gasteiger charge is -2.22. The third-order valence-electron chi connectivity index (χ3n) is 6.54. The number of H-pyrrole nitrogens is 1. The minimum absolute atomic E-state index is 0.0688. The molecule has 5 rings (SSSR count). The third-order valence-corrected chi connectivity index (χ3v) is 7.03. The molecule has 1 aliphatic heterocycles. The summed E-state index contributed by atoms with van der Waals surface area (Å²) in [5.74, 6) is -1.93. The quantitative estimate of drug-likeness (QED) is 0.281. The molecule has 0 unspecified atom stereocenters. The Kier molecular flexibility index (Phi) is 7.20. The van der Waals surface area contributed by atoms with Gasteiger partial charge in [0.1, 0.15) is 5.82 Å². The first kappa shape index (κ1) is 25.5. The lowest BCUT2D eigenvalue weighted by molar-refractivity contribution is -0.137. The number of fused-ring (bicyclic) bond motifs is 1. The van der Waals surface area contributed by atoms with Crippen LogP contribution in [0.15, 0.2) is 87.2 Å². The molecule has 0 fully saturated rings. The molecule has 0 radical (unpaired) electrons. The molecule has 0 saturated carbocycles. The van der Waals surface area contributed by atoms with Crippen molar-refractivity contribution >= 4 is 44.4 Å². The third kappa shape index (κ3) is 5.02. The van der Waals surface area contributed by atoms with E-state index in [1.165, 1.54) is 11.1 Å². The molecule has 3 aromatic carbocycles. The number of aromatic nitrogens is 1. The normalized spacial score (nSPS) is 15.1. The highest BCUT2D eigenvalue weighted by molar-refractivity contribution is 9.10. The predicted octanol–water partition coefficient (Wildman–Crippen LogP) is 6.03. The lowest BCUT2D eigenvalue weighted by atomic mass is 9.91. The second kappa shape index (κ2) is 10.7. The Balaban J connectivity index is 1.68. The Morgan fingerprint density at radius 3 is 2.50 bits per heavy atom. The number of hydrogen-bond acceptors (Lipinski definition) is 4. The number of nitrogens with zero attached hydrogens (tertiary/aromatic N) is 2. The van der Waals surface area contributed by atoms with Crippen molar-refractivity contribution in [3.8, 4) is 11.1 Å². The molecule has 192 valence electrons. The van der Waals surface area contributed by atoms with Gasteiger partial charge >= 0.3 is 5.97 Å². The second-order valence-electron chi connectivity index (χ2n) is 9.03. The van der Waals surface area contributed by atoms with E-state index in [4.69, 9.17) is 5.11 Å². The molecule has 1 atom stereocenters. The smallest absolute Gasteiger partial charge is 0.303 e. The van der Waals surface area contributed by atoms with Crippen molar-refractivity contribution in [2.24, 2.45) is 5.10 Å². The minimum atomic E-state index is -1.00. The zero-order valence-electron chi connectivity index (χ0n) is 20.2. The fraction of sp³-hybridized carbons (Fsp3) is 0.172. The number of hydrazone groups is 1. The van der Waals surface area contributed by atoms with Gasteiger partial charge in [0.2, 0.25) is 5.91 Å². The standard InChI is InChI=1S/C29H23BrFN3O4/c30-18-13-14-22-20(15-18)27(17-7-2-1-3-8-17)28(29(38)32-22)23-16-24(19-9-4-5-10-21(19)31)34(33-23)25(35)11-6-12-26(36)37/h1-5,7-10,13-15,24H,6,11-12,16H2,(H,32,38)(H,36,37)/t24-/m0/s1. The Morgan fingerprint density at radius 2 is 1.76 bits per heavy atom. The number of pyridine rings is 1. The zero-order chi connectivity index (χ0) is 26.8. The maximum Gasteiger partial charge on any atom is 0.303 e. The SMILES string of the molecule is O=C(O)CCCC(=O)N1N=C(c2c(-c3ccccc3)c3cc(Br)ccc3[nH]c2=O)C[C@H]1c1ccccc1F. The van der Waals surface area contributed by atoms with Crippen molar-refractivity contribution in [3.63, 3.8) is 0 Å². The van der Waals surface area contributed by atoms with Gasteiger partial charge < -0.3 is 10.1 Å². The van der Waals surface area contributed by atoms with Gasteiger partial charge in [0.15, 0.2) is 0 Å². The van der Waals surface area contributed by atoms with Crippen molar-refractivity contribution in [2.45, 2.75) is 31.7 Å². The van der Waals surface area contributed by atoms with E-state index in [1.807, 2.05) is 48.5 Å². The first-order chi connectivity index (χ1) is 18.3. The van der Waals surface area contributed by atoms with Gasteiger partial charge in [-0.05, 0) is 36.2 Å². The van der Waals surface area contributed by atoms with E-state index in [0.29, 0.717) is 22.4 Å². The summed E-state index contributed by atoms with van der Waals surface area (Å²) >= 11 is 3.52. The second-order valence-corrected chi connectivity index (χ2v) is 9.95. The highest BCUT2D eigenvalue weighted by Crippen LogP contribution is 2.38. The number of amides is 1. The Hall–Kier alpha value is -4.11. The van der Waals surface area contributed by atoms with Crippen molar-refractivity contribution in [3.05, 3.63) is 105 Å². The monoisotopic (exact) mass is 575 g/mol. The molecule has 38 heavy (non-hydrogen) atoms. The first-order valence-electron chi connectivity index (χ1n) is 12.1. The summed E-state index contributed by atoms with van der Waals surface area (Å²) in [6, 6.07) is 20.4. The van der Waals surface area contributed by atoms with Gasteiger partial charge in [-0.3, -0.25) is 14.4 Å². The van der Waals surface area contributed by atoms with E-state index in [2.05, 4.69) is 26.0 Å². The van der Waals surface area contributed by atoms with Gasteiger partial charge in [-0.2, -0.15) is 5.10 Å². The maximum absolute atomic E-state index is 14.9. The van der Waals surface area contributed by atoms with Crippen LogP contribution in [0.25, 0.3) is 22.0 Å². The van der Waals surface area contributed by atoms with Crippen molar-refractivity contribution in [1.29, 1.82) is 0 Å². The summed E-state index contributed by atoms with van der Waals surface area (Å²) in [4.78, 5) is 40.6. The number of hydrogen-bond donors (Lipinski definition) is 2. The summed E-state index contributed by atoms with van der Waals surface area (Å²) in [5.41, 5.74) is 2.68. The molecule has 0 saturated heterocycles. The van der Waals surface area contributed by atoms with Crippen molar-refractivity contribution < 1.29 is 19.1 Å². The number of halogens is 2. The van der Waals surface area contributed by atoms with E-state index < -0.39 is 23.7 Å². The molecular formula is C29H23BrFN3O4. The fourth-order valence-corrected chi connectivity index (χ4v) is 5.19. The number of nitrogens with one attached hydrogen (secondary N) is 1. The summed E-state index contributed by atoms with van der Waals surface area (Å²) in [5, 5.41) is 15.6. The average Bonchev–Trinajstić information content (AvgIpc) is 3.33. The molecule has 0 aliphatic carbocycles. The summed E-state index contributed by atoms with van der Waals surface area (Å²) in [7, 11) is 0. The molecule has 1 amide bonds. The van der Waals surface area contributed by atoms with E-state index in [-0.39, 0.29) is 36.8 Å². The highest BCUT2D eigenvalue weighted by Gasteiger charge is 2.36. The number of aliphatic carboxylic acids is 1. The van der Waals surface area contributed by atoms with Gasteiger partial charge in [0.25, 0.3) is 5.56 Å². The van der Waals surface area contributed by atoms with E-state index in [1.54, 1.807) is 18.2 Å². The van der Waals surface area contributed by atoms with E-state index in [9.17, 15) is 18.8 Å². The molecule has 4 aromatic rings. The van der Waals surface area contributed by atoms with Crippen LogP contribution in [0.4, 0.5) is 4.39 Å². The molecule has 0 bridgehead atoms. The molecule has 2 heterocycles. The van der Waals surface area contributed by atoms with Crippen molar-refractivity contribution in [2.75, 3.05) is 0 Å². The van der Waals surface area contributed by atoms with Crippen molar-refractivity contribution in [1.82, 2.24) is 9.99 Å². The van der Waals surface area contributed by atoms with Crippen LogP contribution in [0, 0.1) is 5.82 Å². The number of rotatable bonds is 7. The van der Waals surface area contributed by atoms with E-state index in [0.717, 1.165) is 15.4 Å². The van der Waals surface area contributed by atoms with Crippen LogP contribution < -0.4 is 5.56 Å². The van der Waals surface area contributed by atoms with Crippen LogP contribution in [0.1, 0.15) is 42.9 Å². The van der Waals surface area contributed by atoms with Crippen LogP contribution in [0.3, 0.4) is 0 Å². The fourth-order valence-electron chi connectivity index (χ4n) is 4.83. The summed E-state index contributed by atoms with van der Waals surface area (Å²) in [6.07, 6.45) is 0.00583. The number of carbonyl (C=O) groups excluding carboxylic acids is 1. The number of aromatic amines is 1. The first-order valence-corrected chi connectivity index (χ1v) is 12.9. The lowest BCUT2D eigenvalue weighted by Crippen LogP contribution is -2.27. The topological polar surface area (TPSA) is 103 Å². The van der Waals surface area contributed by atoms with Gasteiger partial charge in [-0.15, -0.1) is 0 Å². The summed E-state index contributed by atoms with van der Waals surface area (Å²) < 4.78 is 15.7. The Labute approximate surface area is 225 Å². The molecule has 1 aromatic heterocycles. The number of carboxylic acids is 1. The number of carboxylic acid groups (broad SMARTS) is 1. The average molecular weight is 576 g/mol. The minimum Gasteiger partial charge on any atom is -0.481 e. The Bertz CT molecular complexity index is 1630. The summed E-state index contributed by atoms with van der Waals surface area (Å²) in [6.45, 7) is 0. The van der Waals surface area contributed by atoms with Gasteiger partial charge in [0.05, 0.1) is 17.3 Å². The number of carbonyl (C=O) groups is 2. The van der Waals surface area contributed by atoms with Gasteiger partial charge in [-0.25, -0.2) is 9.40 Å². The molecule has 7 nitrogen and oxygen atoms in total. The van der Waals surface area contributed by atoms with Crippen LogP contribution in [-0.2, 0) is 9.59 Å². The van der Waals surface area contributed by atoms with Gasteiger partial charge in [0, 0.05) is 45.8 Å². The van der Waals surface area contributed by atoms with Crippen LogP contribution in [0.2, 0.25) is 0 Å². The van der Waals surface area contributed by atoms with Crippen LogP contribution >= 0.6 is 15.9 Å². The largest absolute Gasteiger partial charge is 0.481 e.